The largest absolute Gasteiger partial charge is 0.469 e. The molecule has 6 nitrogen and oxygen atoms in total. The Labute approximate surface area is 105 Å². The molecule has 0 spiro atoms. The van der Waals surface area contributed by atoms with E-state index < -0.39 is 0 Å². The number of hydrogen-bond acceptors (Lipinski definition) is 5. The molecule has 0 fully saturated rings. The van der Waals surface area contributed by atoms with E-state index in [0.717, 1.165) is 17.9 Å². The number of methoxy groups -OCH3 is 1. The maximum Gasteiger partial charge on any atom is 0.307 e. The zero-order valence-corrected chi connectivity index (χ0v) is 10.5. The van der Waals surface area contributed by atoms with Crippen molar-refractivity contribution in [1.82, 2.24) is 14.6 Å². The number of esters is 1. The standard InChI is InChI=1S/C12H16N4O2/c1-3-15(8-5-11(17)18-2)12-10-4-6-14-16(10)9-7-13-12/h4,6-7,9H,3,5,8H2,1-2H3. The van der Waals surface area contributed by atoms with E-state index in [1.807, 2.05) is 17.9 Å². The average Bonchev–Trinajstić information content (AvgIpc) is 2.88. The fourth-order valence-electron chi connectivity index (χ4n) is 1.83. The number of fused-ring (bicyclic) bond motifs is 1. The van der Waals surface area contributed by atoms with Crippen LogP contribution in [0.2, 0.25) is 0 Å². The predicted octanol–water partition coefficient (Wildman–Crippen LogP) is 1.12. The summed E-state index contributed by atoms with van der Waals surface area (Å²) in [5, 5.41) is 4.17. The van der Waals surface area contributed by atoms with Crippen molar-refractivity contribution in [3.05, 3.63) is 24.7 Å². The van der Waals surface area contributed by atoms with E-state index >= 15 is 0 Å². The molecule has 0 amide bonds. The van der Waals surface area contributed by atoms with Gasteiger partial charge in [0.05, 0.1) is 19.7 Å². The van der Waals surface area contributed by atoms with E-state index in [1.165, 1.54) is 7.11 Å². The summed E-state index contributed by atoms with van der Waals surface area (Å²) in [6.45, 7) is 3.38. The first kappa shape index (κ1) is 12.3. The van der Waals surface area contributed by atoms with Crippen molar-refractivity contribution < 1.29 is 9.53 Å². The highest BCUT2D eigenvalue weighted by Gasteiger charge is 2.12. The van der Waals surface area contributed by atoms with Crippen LogP contribution in [0.5, 0.6) is 0 Å². The Morgan fingerprint density at radius 1 is 1.50 bits per heavy atom. The van der Waals surface area contributed by atoms with Crippen LogP contribution in [0.15, 0.2) is 24.7 Å². The number of hydrogen-bond donors (Lipinski definition) is 0. The first-order chi connectivity index (χ1) is 8.76. The van der Waals surface area contributed by atoms with Crippen LogP contribution in [0.4, 0.5) is 5.82 Å². The lowest BCUT2D eigenvalue weighted by atomic mass is 10.3. The van der Waals surface area contributed by atoms with E-state index in [1.54, 1.807) is 23.1 Å². The first-order valence-corrected chi connectivity index (χ1v) is 5.86. The van der Waals surface area contributed by atoms with Crippen molar-refractivity contribution >= 4 is 17.3 Å². The van der Waals surface area contributed by atoms with Gasteiger partial charge in [-0.05, 0) is 13.0 Å². The minimum atomic E-state index is -0.214. The Bertz CT molecular complexity index is 538. The van der Waals surface area contributed by atoms with Crippen molar-refractivity contribution in [2.75, 3.05) is 25.1 Å². The lowest BCUT2D eigenvalue weighted by Gasteiger charge is -2.21. The third-order valence-electron chi connectivity index (χ3n) is 2.80. The topological polar surface area (TPSA) is 59.7 Å². The Hall–Kier alpha value is -2.11. The Balaban J connectivity index is 2.21. The Morgan fingerprint density at radius 2 is 2.33 bits per heavy atom. The van der Waals surface area contributed by atoms with Gasteiger partial charge in [0.1, 0.15) is 5.52 Å². The monoisotopic (exact) mass is 248 g/mol. The molecule has 2 rings (SSSR count). The number of carbonyl (C=O) groups excluding carboxylic acids is 1. The molecule has 0 saturated heterocycles. The normalized spacial score (nSPS) is 10.6. The van der Waals surface area contributed by atoms with Crippen LogP contribution in [0.1, 0.15) is 13.3 Å². The molecule has 0 aromatic carbocycles. The van der Waals surface area contributed by atoms with E-state index in [4.69, 9.17) is 0 Å². The summed E-state index contributed by atoms with van der Waals surface area (Å²) < 4.78 is 6.42. The summed E-state index contributed by atoms with van der Waals surface area (Å²) in [7, 11) is 1.40. The van der Waals surface area contributed by atoms with Gasteiger partial charge in [-0.15, -0.1) is 0 Å². The lowest BCUT2D eigenvalue weighted by Crippen LogP contribution is -2.27. The third kappa shape index (κ3) is 2.42. The molecule has 2 aromatic heterocycles. The van der Waals surface area contributed by atoms with Crippen LogP contribution in [0.3, 0.4) is 0 Å². The SMILES string of the molecule is CCN(CCC(=O)OC)c1nccn2nccc12. The number of ether oxygens (including phenoxy) is 1. The molecule has 2 heterocycles. The maximum atomic E-state index is 11.2. The van der Waals surface area contributed by atoms with E-state index in [-0.39, 0.29) is 5.97 Å². The lowest BCUT2D eigenvalue weighted by molar-refractivity contribution is -0.140. The molecule has 18 heavy (non-hydrogen) atoms. The van der Waals surface area contributed by atoms with Gasteiger partial charge >= 0.3 is 5.97 Å². The molecule has 0 unspecified atom stereocenters. The van der Waals surface area contributed by atoms with Gasteiger partial charge in [0, 0.05) is 25.5 Å². The van der Waals surface area contributed by atoms with Crippen LogP contribution >= 0.6 is 0 Å². The van der Waals surface area contributed by atoms with Crippen LogP contribution in [-0.2, 0) is 9.53 Å². The molecular weight excluding hydrogens is 232 g/mol. The van der Waals surface area contributed by atoms with Crippen molar-refractivity contribution in [2.24, 2.45) is 0 Å². The van der Waals surface area contributed by atoms with E-state index in [2.05, 4.69) is 14.8 Å². The molecule has 0 radical (unpaired) electrons. The number of aromatic nitrogens is 3. The quantitative estimate of drug-likeness (QED) is 0.742. The van der Waals surface area contributed by atoms with Gasteiger partial charge in [-0.25, -0.2) is 9.50 Å². The molecule has 0 aliphatic rings. The van der Waals surface area contributed by atoms with Crippen molar-refractivity contribution in [2.45, 2.75) is 13.3 Å². The van der Waals surface area contributed by atoms with Crippen molar-refractivity contribution in [3.63, 3.8) is 0 Å². The zero-order valence-electron chi connectivity index (χ0n) is 10.5. The number of rotatable bonds is 5. The zero-order chi connectivity index (χ0) is 13.0. The molecule has 0 N–H and O–H groups in total. The molecule has 96 valence electrons. The van der Waals surface area contributed by atoms with Crippen LogP contribution in [-0.4, -0.2) is 40.8 Å². The molecule has 6 heteroatoms. The maximum absolute atomic E-state index is 11.2. The Morgan fingerprint density at radius 3 is 3.06 bits per heavy atom. The molecule has 2 aromatic rings. The molecular formula is C12H16N4O2. The predicted molar refractivity (Wildman–Crippen MR) is 67.5 cm³/mol. The Kier molecular flexibility index (Phi) is 3.76. The molecule has 0 bridgehead atoms. The smallest absolute Gasteiger partial charge is 0.307 e. The van der Waals surface area contributed by atoms with Crippen LogP contribution in [0.25, 0.3) is 5.52 Å². The van der Waals surface area contributed by atoms with Gasteiger partial charge in [-0.2, -0.15) is 5.10 Å². The summed E-state index contributed by atoms with van der Waals surface area (Å²) in [6, 6.07) is 1.91. The van der Waals surface area contributed by atoms with Gasteiger partial charge in [0.2, 0.25) is 0 Å². The third-order valence-corrected chi connectivity index (χ3v) is 2.80. The molecule has 0 aliphatic heterocycles. The van der Waals surface area contributed by atoms with Crippen LogP contribution in [0, 0.1) is 0 Å². The van der Waals surface area contributed by atoms with Gasteiger partial charge in [-0.1, -0.05) is 0 Å². The van der Waals surface area contributed by atoms with Gasteiger partial charge in [0.15, 0.2) is 5.82 Å². The van der Waals surface area contributed by atoms with Gasteiger partial charge in [-0.3, -0.25) is 4.79 Å². The summed E-state index contributed by atoms with van der Waals surface area (Å²) in [5.41, 5.74) is 0.934. The fourth-order valence-corrected chi connectivity index (χ4v) is 1.83. The summed E-state index contributed by atoms with van der Waals surface area (Å²) in [4.78, 5) is 17.6. The molecule has 0 aliphatic carbocycles. The molecule has 0 atom stereocenters. The average molecular weight is 248 g/mol. The van der Waals surface area contributed by atoms with Gasteiger partial charge in [0.25, 0.3) is 0 Å². The summed E-state index contributed by atoms with van der Waals surface area (Å²) in [6.07, 6.45) is 5.58. The summed E-state index contributed by atoms with van der Waals surface area (Å²) >= 11 is 0. The van der Waals surface area contributed by atoms with Crippen LogP contribution < -0.4 is 4.90 Å². The second kappa shape index (κ2) is 5.48. The number of nitrogens with zero attached hydrogens (tertiary/aromatic N) is 4. The minimum Gasteiger partial charge on any atom is -0.469 e. The fraction of sp³-hybridized carbons (Fsp3) is 0.417. The number of anilines is 1. The van der Waals surface area contributed by atoms with Crippen molar-refractivity contribution in [3.8, 4) is 0 Å². The highest BCUT2D eigenvalue weighted by molar-refractivity contribution is 5.72. The highest BCUT2D eigenvalue weighted by Crippen LogP contribution is 2.17. The summed E-state index contributed by atoms with van der Waals surface area (Å²) in [5.74, 6) is 0.621. The second-order valence-electron chi connectivity index (χ2n) is 3.82. The highest BCUT2D eigenvalue weighted by atomic mass is 16.5. The van der Waals surface area contributed by atoms with E-state index in [0.29, 0.717) is 13.0 Å². The second-order valence-corrected chi connectivity index (χ2v) is 3.82. The number of carbonyl (C=O) groups is 1. The molecule has 0 saturated carbocycles. The van der Waals surface area contributed by atoms with E-state index in [9.17, 15) is 4.79 Å². The van der Waals surface area contributed by atoms with Gasteiger partial charge < -0.3 is 9.64 Å². The first-order valence-electron chi connectivity index (χ1n) is 5.86. The minimum absolute atomic E-state index is 0.214. The van der Waals surface area contributed by atoms with Crippen molar-refractivity contribution in [1.29, 1.82) is 0 Å².